The first kappa shape index (κ1) is 15.7. The molecule has 0 aliphatic rings. The Hall–Kier alpha value is -2.39. The summed E-state index contributed by atoms with van der Waals surface area (Å²) in [6.07, 6.45) is 0.762. The standard InChI is InChI=1S/C14H16O6/c1-2-7-20-14(19)10-8-11(16)13(18)12(17)9(10)5-3-4-6-15/h8,15-18H,2,4,6-7H2,1H3. The fourth-order valence-electron chi connectivity index (χ4n) is 1.41. The number of hydrogen-bond acceptors (Lipinski definition) is 6. The number of carbonyl (C=O) groups is 1. The van der Waals surface area contributed by atoms with Crippen molar-refractivity contribution in [3.8, 4) is 29.1 Å². The lowest BCUT2D eigenvalue weighted by Crippen LogP contribution is -2.08. The first-order valence-corrected chi connectivity index (χ1v) is 6.07. The van der Waals surface area contributed by atoms with E-state index < -0.39 is 23.2 Å². The van der Waals surface area contributed by atoms with Gasteiger partial charge in [-0.05, 0) is 12.5 Å². The van der Waals surface area contributed by atoms with Crippen LogP contribution < -0.4 is 0 Å². The fourth-order valence-corrected chi connectivity index (χ4v) is 1.41. The van der Waals surface area contributed by atoms with E-state index in [1.807, 2.05) is 6.92 Å². The first-order chi connectivity index (χ1) is 9.52. The van der Waals surface area contributed by atoms with E-state index in [4.69, 9.17) is 9.84 Å². The van der Waals surface area contributed by atoms with E-state index in [1.54, 1.807) is 0 Å². The van der Waals surface area contributed by atoms with Gasteiger partial charge < -0.3 is 25.2 Å². The summed E-state index contributed by atoms with van der Waals surface area (Å²) in [7, 11) is 0. The summed E-state index contributed by atoms with van der Waals surface area (Å²) in [4.78, 5) is 11.8. The Labute approximate surface area is 116 Å². The molecular weight excluding hydrogens is 264 g/mol. The molecule has 0 aliphatic carbocycles. The molecule has 6 nitrogen and oxygen atoms in total. The highest BCUT2D eigenvalue weighted by molar-refractivity contribution is 5.94. The third kappa shape index (κ3) is 3.56. The van der Waals surface area contributed by atoms with E-state index in [-0.39, 0.29) is 30.8 Å². The summed E-state index contributed by atoms with van der Waals surface area (Å²) in [5.74, 6) is 2.15. The number of aromatic hydroxyl groups is 3. The summed E-state index contributed by atoms with van der Waals surface area (Å²) in [5, 5.41) is 37.3. The number of benzene rings is 1. The number of aliphatic hydroxyl groups is 1. The molecule has 0 aliphatic heterocycles. The number of phenolic OH excluding ortho intramolecular Hbond substituents is 3. The monoisotopic (exact) mass is 280 g/mol. The Morgan fingerprint density at radius 1 is 1.30 bits per heavy atom. The largest absolute Gasteiger partial charge is 0.504 e. The van der Waals surface area contributed by atoms with Gasteiger partial charge in [-0.3, -0.25) is 0 Å². The third-order valence-electron chi connectivity index (χ3n) is 2.36. The van der Waals surface area contributed by atoms with Crippen LogP contribution in [-0.2, 0) is 4.74 Å². The molecule has 0 atom stereocenters. The fraction of sp³-hybridized carbons (Fsp3) is 0.357. The molecular formula is C14H16O6. The molecule has 0 bridgehead atoms. The quantitative estimate of drug-likeness (QED) is 0.374. The normalized spacial score (nSPS) is 9.70. The van der Waals surface area contributed by atoms with Gasteiger partial charge in [0, 0.05) is 6.42 Å². The van der Waals surface area contributed by atoms with Crippen molar-refractivity contribution in [1.29, 1.82) is 0 Å². The molecule has 0 amide bonds. The molecule has 1 aromatic rings. The smallest absolute Gasteiger partial charge is 0.339 e. The van der Waals surface area contributed by atoms with Gasteiger partial charge in [0.05, 0.1) is 24.3 Å². The maximum atomic E-state index is 11.8. The number of rotatable bonds is 4. The number of phenols is 3. The Balaban J connectivity index is 3.27. The van der Waals surface area contributed by atoms with E-state index in [0.717, 1.165) is 6.07 Å². The molecule has 0 saturated heterocycles. The van der Waals surface area contributed by atoms with Gasteiger partial charge in [-0.2, -0.15) is 0 Å². The Kier molecular flexibility index (Phi) is 5.69. The van der Waals surface area contributed by atoms with Gasteiger partial charge in [-0.15, -0.1) is 0 Å². The molecule has 0 fully saturated rings. The molecule has 0 unspecified atom stereocenters. The van der Waals surface area contributed by atoms with Crippen LogP contribution in [0, 0.1) is 11.8 Å². The number of hydrogen-bond donors (Lipinski definition) is 4. The molecule has 4 N–H and O–H groups in total. The van der Waals surface area contributed by atoms with Crippen LogP contribution >= 0.6 is 0 Å². The Bertz CT molecular complexity index is 553. The lowest BCUT2D eigenvalue weighted by atomic mass is 10.0. The Morgan fingerprint density at radius 2 is 2.00 bits per heavy atom. The van der Waals surface area contributed by atoms with E-state index in [1.165, 1.54) is 0 Å². The minimum absolute atomic E-state index is 0.142. The highest BCUT2D eigenvalue weighted by atomic mass is 16.5. The molecule has 0 spiro atoms. The van der Waals surface area contributed by atoms with Crippen LogP contribution in [0.4, 0.5) is 0 Å². The Morgan fingerprint density at radius 3 is 2.60 bits per heavy atom. The minimum atomic E-state index is -0.759. The second-order valence-electron chi connectivity index (χ2n) is 3.93. The highest BCUT2D eigenvalue weighted by Gasteiger charge is 2.21. The number of ether oxygens (including phenoxy) is 1. The summed E-state index contributed by atoms with van der Waals surface area (Å²) in [6.45, 7) is 1.83. The first-order valence-electron chi connectivity index (χ1n) is 6.07. The van der Waals surface area contributed by atoms with Crippen molar-refractivity contribution in [3.63, 3.8) is 0 Å². The SMILES string of the molecule is CCCOC(=O)c1cc(O)c(O)c(O)c1C#CCCO. The highest BCUT2D eigenvalue weighted by Crippen LogP contribution is 2.39. The minimum Gasteiger partial charge on any atom is -0.504 e. The summed E-state index contributed by atoms with van der Waals surface area (Å²) >= 11 is 0. The molecule has 0 saturated carbocycles. The van der Waals surface area contributed by atoms with E-state index in [2.05, 4.69) is 11.8 Å². The summed E-state index contributed by atoms with van der Waals surface area (Å²) < 4.78 is 4.91. The van der Waals surface area contributed by atoms with E-state index in [0.29, 0.717) is 6.42 Å². The second-order valence-corrected chi connectivity index (χ2v) is 3.93. The van der Waals surface area contributed by atoms with Crippen LogP contribution in [0.2, 0.25) is 0 Å². The van der Waals surface area contributed by atoms with Crippen molar-refractivity contribution < 1.29 is 30.0 Å². The van der Waals surface area contributed by atoms with Gasteiger partial charge in [0.1, 0.15) is 0 Å². The van der Waals surface area contributed by atoms with Gasteiger partial charge in [-0.1, -0.05) is 18.8 Å². The zero-order valence-corrected chi connectivity index (χ0v) is 11.0. The van der Waals surface area contributed by atoms with Crippen LogP contribution in [0.5, 0.6) is 17.2 Å². The molecule has 1 rings (SSSR count). The van der Waals surface area contributed by atoms with Crippen LogP contribution in [-0.4, -0.2) is 39.6 Å². The van der Waals surface area contributed by atoms with Crippen LogP contribution in [0.15, 0.2) is 6.07 Å². The van der Waals surface area contributed by atoms with Crippen molar-refractivity contribution in [2.45, 2.75) is 19.8 Å². The lowest BCUT2D eigenvalue weighted by molar-refractivity contribution is 0.0503. The number of aliphatic hydroxyl groups excluding tert-OH is 1. The second kappa shape index (κ2) is 7.26. The molecule has 1 aromatic carbocycles. The molecule has 108 valence electrons. The zero-order chi connectivity index (χ0) is 15.1. The molecule has 0 aromatic heterocycles. The maximum Gasteiger partial charge on any atom is 0.339 e. The van der Waals surface area contributed by atoms with Gasteiger partial charge >= 0.3 is 5.97 Å². The van der Waals surface area contributed by atoms with Gasteiger partial charge in [-0.25, -0.2) is 4.79 Å². The average molecular weight is 280 g/mol. The van der Waals surface area contributed by atoms with Crippen molar-refractivity contribution in [3.05, 3.63) is 17.2 Å². The van der Waals surface area contributed by atoms with Gasteiger partial charge in [0.15, 0.2) is 11.5 Å². The van der Waals surface area contributed by atoms with Crippen molar-refractivity contribution >= 4 is 5.97 Å². The zero-order valence-electron chi connectivity index (χ0n) is 11.0. The average Bonchev–Trinajstić information content (AvgIpc) is 2.44. The van der Waals surface area contributed by atoms with Crippen LogP contribution in [0.25, 0.3) is 0 Å². The van der Waals surface area contributed by atoms with Crippen molar-refractivity contribution in [2.24, 2.45) is 0 Å². The maximum absolute atomic E-state index is 11.8. The topological polar surface area (TPSA) is 107 Å². The predicted octanol–water partition coefficient (Wildman–Crippen LogP) is 1.10. The van der Waals surface area contributed by atoms with E-state index in [9.17, 15) is 20.1 Å². The molecule has 0 heterocycles. The number of carbonyl (C=O) groups excluding carboxylic acids is 1. The lowest BCUT2D eigenvalue weighted by Gasteiger charge is -2.09. The number of esters is 1. The summed E-state index contributed by atoms with van der Waals surface area (Å²) in [5.41, 5.74) is -0.286. The summed E-state index contributed by atoms with van der Waals surface area (Å²) in [6, 6.07) is 0.982. The van der Waals surface area contributed by atoms with Crippen molar-refractivity contribution in [2.75, 3.05) is 13.2 Å². The molecule has 0 radical (unpaired) electrons. The third-order valence-corrected chi connectivity index (χ3v) is 2.36. The van der Waals surface area contributed by atoms with Crippen molar-refractivity contribution in [1.82, 2.24) is 0 Å². The van der Waals surface area contributed by atoms with Crippen LogP contribution in [0.3, 0.4) is 0 Å². The van der Waals surface area contributed by atoms with Gasteiger partial charge in [0.25, 0.3) is 0 Å². The molecule has 6 heteroatoms. The van der Waals surface area contributed by atoms with E-state index >= 15 is 0 Å². The molecule has 20 heavy (non-hydrogen) atoms. The predicted molar refractivity (Wildman–Crippen MR) is 70.6 cm³/mol. The van der Waals surface area contributed by atoms with Gasteiger partial charge in [0.2, 0.25) is 5.75 Å². The van der Waals surface area contributed by atoms with Crippen LogP contribution in [0.1, 0.15) is 35.7 Å².